The molecular formula is C20H29N5O2S. The third-order valence-electron chi connectivity index (χ3n) is 4.02. The van der Waals surface area contributed by atoms with Crippen molar-refractivity contribution in [3.05, 3.63) is 59.9 Å². The maximum absolute atomic E-state index is 12.2. The summed E-state index contributed by atoms with van der Waals surface area (Å²) in [5.74, 6) is 0.676. The van der Waals surface area contributed by atoms with Gasteiger partial charge in [-0.05, 0) is 31.0 Å². The maximum atomic E-state index is 12.2. The van der Waals surface area contributed by atoms with Crippen LogP contribution in [0.1, 0.15) is 30.9 Å². The minimum Gasteiger partial charge on any atom is -0.356 e. The zero-order valence-corrected chi connectivity index (χ0v) is 17.3. The van der Waals surface area contributed by atoms with E-state index in [9.17, 15) is 8.42 Å². The molecule has 2 rings (SSSR count). The number of guanidine groups is 1. The predicted molar refractivity (Wildman–Crippen MR) is 113 cm³/mol. The number of sulfonamides is 1. The average molecular weight is 404 g/mol. The van der Waals surface area contributed by atoms with E-state index in [1.807, 2.05) is 0 Å². The number of hydrogen-bond acceptors (Lipinski definition) is 4. The van der Waals surface area contributed by atoms with Gasteiger partial charge in [-0.25, -0.2) is 18.1 Å². The Balaban J connectivity index is 1.87. The summed E-state index contributed by atoms with van der Waals surface area (Å²) in [6, 6.07) is 11.4. The number of nitrogens with zero attached hydrogens (tertiary/aromatic N) is 2. The van der Waals surface area contributed by atoms with Gasteiger partial charge in [0.2, 0.25) is 10.0 Å². The quantitative estimate of drug-likeness (QED) is 0.321. The molecule has 1 heterocycles. The smallest absolute Gasteiger partial charge is 0.242 e. The first-order valence-electron chi connectivity index (χ1n) is 9.48. The molecule has 0 amide bonds. The number of unbranched alkanes of at least 4 members (excludes halogenated alkanes) is 1. The normalized spacial score (nSPS) is 12.0. The van der Waals surface area contributed by atoms with Crippen LogP contribution in [0.4, 0.5) is 0 Å². The molecule has 7 nitrogen and oxygen atoms in total. The van der Waals surface area contributed by atoms with Crippen molar-refractivity contribution in [2.45, 2.75) is 38.1 Å². The lowest BCUT2D eigenvalue weighted by molar-refractivity contribution is 0.580. The van der Waals surface area contributed by atoms with Crippen molar-refractivity contribution in [1.29, 1.82) is 0 Å². The van der Waals surface area contributed by atoms with Crippen molar-refractivity contribution >= 4 is 16.0 Å². The van der Waals surface area contributed by atoms with Crippen molar-refractivity contribution in [3.8, 4) is 0 Å². The van der Waals surface area contributed by atoms with E-state index >= 15 is 0 Å². The Labute approximate surface area is 167 Å². The van der Waals surface area contributed by atoms with Crippen LogP contribution in [0.3, 0.4) is 0 Å². The molecule has 0 aliphatic rings. The molecule has 1 aromatic heterocycles. The first kappa shape index (κ1) is 21.8. The predicted octanol–water partition coefficient (Wildman–Crippen LogP) is 2.20. The van der Waals surface area contributed by atoms with Crippen LogP contribution in [0.2, 0.25) is 0 Å². The number of nitrogens with one attached hydrogen (secondary N) is 3. The Morgan fingerprint density at radius 3 is 2.50 bits per heavy atom. The molecule has 0 saturated carbocycles. The number of aryl methyl sites for hydroxylation is 1. The van der Waals surface area contributed by atoms with E-state index in [4.69, 9.17) is 0 Å². The summed E-state index contributed by atoms with van der Waals surface area (Å²) in [4.78, 5) is 8.60. The van der Waals surface area contributed by atoms with E-state index in [0.29, 0.717) is 19.0 Å². The number of hydrogen-bond donors (Lipinski definition) is 3. The van der Waals surface area contributed by atoms with E-state index in [0.717, 1.165) is 24.9 Å². The highest BCUT2D eigenvalue weighted by Gasteiger charge is 2.12. The van der Waals surface area contributed by atoms with E-state index < -0.39 is 10.0 Å². The summed E-state index contributed by atoms with van der Waals surface area (Å²) in [5, 5.41) is 6.46. The Kier molecular flexibility index (Phi) is 8.90. The minimum atomic E-state index is -3.55. The van der Waals surface area contributed by atoms with Crippen molar-refractivity contribution in [2.75, 3.05) is 19.6 Å². The monoisotopic (exact) mass is 403 g/mol. The Morgan fingerprint density at radius 1 is 1.07 bits per heavy atom. The second-order valence-corrected chi connectivity index (χ2v) is 8.21. The van der Waals surface area contributed by atoms with Crippen molar-refractivity contribution in [2.24, 2.45) is 4.99 Å². The van der Waals surface area contributed by atoms with Crippen molar-refractivity contribution in [3.63, 3.8) is 0 Å². The molecule has 3 N–H and O–H groups in total. The SMILES string of the molecule is CCCCNC(=NCc1ccc(C)cc1)NCCNS(=O)(=O)c1cccnc1. The summed E-state index contributed by atoms with van der Waals surface area (Å²) in [6.45, 7) is 6.23. The van der Waals surface area contributed by atoms with Crippen LogP contribution >= 0.6 is 0 Å². The second-order valence-electron chi connectivity index (χ2n) is 6.44. The number of benzene rings is 1. The van der Waals surface area contributed by atoms with E-state index in [2.05, 4.69) is 63.4 Å². The molecule has 0 unspecified atom stereocenters. The van der Waals surface area contributed by atoms with Gasteiger partial charge in [0.1, 0.15) is 4.90 Å². The lowest BCUT2D eigenvalue weighted by Crippen LogP contribution is -2.42. The molecule has 152 valence electrons. The van der Waals surface area contributed by atoms with Crippen LogP contribution in [-0.2, 0) is 16.6 Å². The molecule has 0 spiro atoms. The van der Waals surface area contributed by atoms with Gasteiger partial charge in [-0.15, -0.1) is 0 Å². The summed E-state index contributed by atoms with van der Waals surface area (Å²) < 4.78 is 27.0. The summed E-state index contributed by atoms with van der Waals surface area (Å²) in [5.41, 5.74) is 2.34. The Hall–Kier alpha value is -2.45. The third kappa shape index (κ3) is 7.66. The standard InChI is InChI=1S/C20H29N5O2S/c1-3-4-12-22-20(24-15-18-9-7-17(2)8-10-18)23-13-14-25-28(26,27)19-6-5-11-21-16-19/h5-11,16,25H,3-4,12-15H2,1-2H3,(H2,22,23,24). The Morgan fingerprint density at radius 2 is 1.82 bits per heavy atom. The van der Waals surface area contributed by atoms with E-state index in [1.165, 1.54) is 17.8 Å². The first-order chi connectivity index (χ1) is 13.5. The third-order valence-corrected chi connectivity index (χ3v) is 5.46. The largest absolute Gasteiger partial charge is 0.356 e. The van der Waals surface area contributed by atoms with Gasteiger partial charge < -0.3 is 10.6 Å². The molecule has 2 aromatic rings. The fourth-order valence-corrected chi connectivity index (χ4v) is 3.37. The highest BCUT2D eigenvalue weighted by molar-refractivity contribution is 7.89. The topological polar surface area (TPSA) is 95.5 Å². The molecule has 0 fully saturated rings. The maximum Gasteiger partial charge on any atom is 0.242 e. The lowest BCUT2D eigenvalue weighted by atomic mass is 10.1. The van der Waals surface area contributed by atoms with Crippen LogP contribution in [0, 0.1) is 6.92 Å². The molecule has 8 heteroatoms. The van der Waals surface area contributed by atoms with Crippen LogP contribution in [0.5, 0.6) is 0 Å². The lowest BCUT2D eigenvalue weighted by Gasteiger charge is -2.13. The van der Waals surface area contributed by atoms with Crippen LogP contribution in [-0.4, -0.2) is 39.0 Å². The minimum absolute atomic E-state index is 0.157. The van der Waals surface area contributed by atoms with Gasteiger partial charge >= 0.3 is 0 Å². The number of pyridine rings is 1. The fourth-order valence-electron chi connectivity index (χ4n) is 2.38. The number of rotatable bonds is 10. The van der Waals surface area contributed by atoms with Gasteiger partial charge in [-0.3, -0.25) is 4.98 Å². The van der Waals surface area contributed by atoms with Crippen molar-refractivity contribution in [1.82, 2.24) is 20.3 Å². The van der Waals surface area contributed by atoms with Gasteiger partial charge in [-0.1, -0.05) is 43.2 Å². The second kappa shape index (κ2) is 11.4. The molecule has 0 bridgehead atoms. The van der Waals surface area contributed by atoms with Gasteiger partial charge in [0.25, 0.3) is 0 Å². The summed E-state index contributed by atoms with van der Waals surface area (Å²) in [7, 11) is -3.55. The molecule has 0 atom stereocenters. The van der Waals surface area contributed by atoms with E-state index in [-0.39, 0.29) is 11.4 Å². The van der Waals surface area contributed by atoms with Gasteiger partial charge in [0, 0.05) is 32.0 Å². The van der Waals surface area contributed by atoms with E-state index in [1.54, 1.807) is 12.3 Å². The zero-order valence-electron chi connectivity index (χ0n) is 16.5. The molecule has 28 heavy (non-hydrogen) atoms. The van der Waals surface area contributed by atoms with Gasteiger partial charge in [-0.2, -0.15) is 0 Å². The fraction of sp³-hybridized carbons (Fsp3) is 0.400. The zero-order chi connectivity index (χ0) is 20.2. The number of aliphatic imine (C=N–C) groups is 1. The molecule has 0 aliphatic heterocycles. The Bertz CT molecular complexity index is 837. The van der Waals surface area contributed by atoms with Gasteiger partial charge in [0.15, 0.2) is 5.96 Å². The summed E-state index contributed by atoms with van der Waals surface area (Å²) >= 11 is 0. The first-order valence-corrected chi connectivity index (χ1v) is 11.0. The van der Waals surface area contributed by atoms with Crippen molar-refractivity contribution < 1.29 is 8.42 Å². The highest BCUT2D eigenvalue weighted by Crippen LogP contribution is 2.05. The van der Waals surface area contributed by atoms with Gasteiger partial charge in [0.05, 0.1) is 6.54 Å². The molecule has 0 saturated heterocycles. The molecule has 0 aliphatic carbocycles. The van der Waals surface area contributed by atoms with Crippen LogP contribution in [0.15, 0.2) is 58.7 Å². The summed E-state index contributed by atoms with van der Waals surface area (Å²) in [6.07, 6.45) is 5.00. The number of aromatic nitrogens is 1. The average Bonchev–Trinajstić information content (AvgIpc) is 2.71. The molecule has 1 aromatic carbocycles. The highest BCUT2D eigenvalue weighted by atomic mass is 32.2. The molecular weight excluding hydrogens is 374 g/mol. The van der Waals surface area contributed by atoms with Crippen LogP contribution < -0.4 is 15.4 Å². The van der Waals surface area contributed by atoms with Crippen LogP contribution in [0.25, 0.3) is 0 Å². The molecule has 0 radical (unpaired) electrons.